The first kappa shape index (κ1) is 22.4. The number of likely N-dealkylation sites (N-methyl/N-ethyl adjacent to an activating group) is 1. The molecule has 2 heterocycles. The predicted octanol–water partition coefficient (Wildman–Crippen LogP) is 3.51. The van der Waals surface area contributed by atoms with Crippen LogP contribution in [0.1, 0.15) is 25.0 Å². The second-order valence-corrected chi connectivity index (χ2v) is 10.7. The number of pyridine rings is 1. The number of rotatable bonds is 6. The lowest BCUT2D eigenvalue weighted by atomic mass is 10.1. The van der Waals surface area contributed by atoms with E-state index in [-0.39, 0.29) is 22.9 Å². The summed E-state index contributed by atoms with van der Waals surface area (Å²) in [6.45, 7) is 7.41. The molecule has 0 saturated heterocycles. The Morgan fingerprint density at radius 2 is 1.97 bits per heavy atom. The van der Waals surface area contributed by atoms with E-state index in [2.05, 4.69) is 4.98 Å². The van der Waals surface area contributed by atoms with E-state index >= 15 is 0 Å². The maximum absolute atomic E-state index is 13.6. The van der Waals surface area contributed by atoms with Crippen molar-refractivity contribution in [2.75, 3.05) is 31.6 Å². The molecule has 0 aliphatic carbocycles. The number of H-pyrrole nitrogens is 1. The van der Waals surface area contributed by atoms with Crippen molar-refractivity contribution >= 4 is 26.6 Å². The summed E-state index contributed by atoms with van der Waals surface area (Å²) in [4.78, 5) is 17.9. The van der Waals surface area contributed by atoms with E-state index in [1.807, 2.05) is 50.9 Å². The van der Waals surface area contributed by atoms with E-state index in [0.717, 1.165) is 28.7 Å². The number of aryl methyl sites for hydroxylation is 1. The van der Waals surface area contributed by atoms with Gasteiger partial charge in [-0.15, -0.1) is 0 Å². The number of anilines is 1. The van der Waals surface area contributed by atoms with Gasteiger partial charge in [-0.2, -0.15) is 4.31 Å². The SMILES string of the molecule is Cc1cccc2cc(CN(CC(C)C)S(=O)(=O)c3ccc4c(c3)OCCN4C)c(=O)[nH]c12. The summed E-state index contributed by atoms with van der Waals surface area (Å²) in [5.74, 6) is 0.648. The monoisotopic (exact) mass is 455 g/mol. The summed E-state index contributed by atoms with van der Waals surface area (Å²) >= 11 is 0. The Bertz CT molecular complexity index is 1310. The van der Waals surface area contributed by atoms with Crippen LogP contribution in [0.15, 0.2) is 52.2 Å². The fourth-order valence-corrected chi connectivity index (χ4v) is 5.64. The van der Waals surface area contributed by atoms with Crippen LogP contribution in [0.25, 0.3) is 10.9 Å². The number of sulfonamides is 1. The Morgan fingerprint density at radius 3 is 2.72 bits per heavy atom. The Labute approximate surface area is 188 Å². The van der Waals surface area contributed by atoms with Gasteiger partial charge in [0.05, 0.1) is 22.6 Å². The highest BCUT2D eigenvalue weighted by Gasteiger charge is 2.28. The number of hydrogen-bond acceptors (Lipinski definition) is 5. The van der Waals surface area contributed by atoms with Crippen LogP contribution in [0.3, 0.4) is 0 Å². The fraction of sp³-hybridized carbons (Fsp3) is 0.375. The molecule has 8 heteroatoms. The maximum atomic E-state index is 13.6. The van der Waals surface area contributed by atoms with Crippen LogP contribution in [0.4, 0.5) is 5.69 Å². The van der Waals surface area contributed by atoms with E-state index in [1.54, 1.807) is 24.3 Å². The third-order valence-corrected chi connectivity index (χ3v) is 7.55. The molecule has 170 valence electrons. The fourth-order valence-electron chi connectivity index (χ4n) is 4.04. The van der Waals surface area contributed by atoms with Gasteiger partial charge in [-0.05, 0) is 42.0 Å². The van der Waals surface area contributed by atoms with Crippen molar-refractivity contribution in [1.29, 1.82) is 0 Å². The van der Waals surface area contributed by atoms with E-state index < -0.39 is 10.0 Å². The third-order valence-electron chi connectivity index (χ3n) is 5.74. The Morgan fingerprint density at radius 1 is 1.19 bits per heavy atom. The number of nitrogens with one attached hydrogen (secondary N) is 1. The normalized spacial score (nSPS) is 14.1. The zero-order valence-corrected chi connectivity index (χ0v) is 19.7. The van der Waals surface area contributed by atoms with Gasteiger partial charge in [0.2, 0.25) is 10.0 Å². The van der Waals surface area contributed by atoms with E-state index in [1.165, 1.54) is 4.31 Å². The largest absolute Gasteiger partial charge is 0.490 e. The lowest BCUT2D eigenvalue weighted by Gasteiger charge is -2.29. The molecule has 0 fully saturated rings. The van der Waals surface area contributed by atoms with Gasteiger partial charge < -0.3 is 14.6 Å². The topological polar surface area (TPSA) is 82.7 Å². The Balaban J connectivity index is 1.73. The molecule has 7 nitrogen and oxygen atoms in total. The summed E-state index contributed by atoms with van der Waals surface area (Å²) < 4.78 is 34.3. The minimum atomic E-state index is -3.84. The molecule has 1 aromatic heterocycles. The summed E-state index contributed by atoms with van der Waals surface area (Å²) in [5, 5.41) is 0.881. The minimum absolute atomic E-state index is 0.00241. The van der Waals surface area contributed by atoms with Crippen molar-refractivity contribution in [3.8, 4) is 5.75 Å². The molecule has 0 amide bonds. The van der Waals surface area contributed by atoms with Gasteiger partial charge in [-0.25, -0.2) is 8.42 Å². The number of aromatic amines is 1. The van der Waals surface area contributed by atoms with Crippen molar-refractivity contribution in [1.82, 2.24) is 9.29 Å². The number of para-hydroxylation sites is 1. The van der Waals surface area contributed by atoms with Crippen LogP contribution in [-0.4, -0.2) is 44.5 Å². The van der Waals surface area contributed by atoms with Crippen LogP contribution in [0, 0.1) is 12.8 Å². The summed E-state index contributed by atoms with van der Waals surface area (Å²) in [7, 11) is -1.89. The first-order valence-electron chi connectivity index (χ1n) is 10.8. The average molecular weight is 456 g/mol. The second-order valence-electron chi connectivity index (χ2n) is 8.75. The van der Waals surface area contributed by atoms with Crippen LogP contribution >= 0.6 is 0 Å². The molecule has 0 radical (unpaired) electrons. The number of nitrogens with zero attached hydrogens (tertiary/aromatic N) is 2. The first-order valence-corrected chi connectivity index (χ1v) is 12.2. The summed E-state index contributed by atoms with van der Waals surface area (Å²) in [6.07, 6.45) is 0. The first-order chi connectivity index (χ1) is 15.2. The highest BCUT2D eigenvalue weighted by Crippen LogP contribution is 2.34. The number of fused-ring (bicyclic) bond motifs is 2. The van der Waals surface area contributed by atoms with E-state index in [4.69, 9.17) is 4.74 Å². The maximum Gasteiger partial charge on any atom is 0.252 e. The van der Waals surface area contributed by atoms with Crippen molar-refractivity contribution in [3.05, 3.63) is 63.9 Å². The Hall–Kier alpha value is -2.84. The van der Waals surface area contributed by atoms with Gasteiger partial charge in [0.1, 0.15) is 12.4 Å². The average Bonchev–Trinajstić information content (AvgIpc) is 2.74. The molecule has 4 rings (SSSR count). The van der Waals surface area contributed by atoms with Gasteiger partial charge in [0.25, 0.3) is 5.56 Å². The molecule has 0 spiro atoms. The molecule has 1 N–H and O–H groups in total. The van der Waals surface area contributed by atoms with Crippen molar-refractivity contribution < 1.29 is 13.2 Å². The number of ether oxygens (including phenoxy) is 1. The highest BCUT2D eigenvalue weighted by molar-refractivity contribution is 7.89. The van der Waals surface area contributed by atoms with Gasteiger partial charge in [0, 0.05) is 31.8 Å². The quantitative estimate of drug-likeness (QED) is 0.615. The standard InChI is InChI=1S/C24H29N3O4S/c1-16(2)14-27(15-19-12-18-7-5-6-17(3)23(18)25-24(19)28)32(29,30)20-8-9-21-22(13-20)31-11-10-26(21)4/h5-9,12-13,16H,10-11,14-15H2,1-4H3,(H,25,28). The van der Waals surface area contributed by atoms with E-state index in [9.17, 15) is 13.2 Å². The second kappa shape index (κ2) is 8.60. The molecular formula is C24H29N3O4S. The minimum Gasteiger partial charge on any atom is -0.490 e. The van der Waals surface area contributed by atoms with Crippen molar-refractivity contribution in [3.63, 3.8) is 0 Å². The molecule has 0 unspecified atom stereocenters. The summed E-state index contributed by atoms with van der Waals surface area (Å²) in [5.41, 5.74) is 2.76. The van der Waals surface area contributed by atoms with Crippen LogP contribution in [0.2, 0.25) is 0 Å². The van der Waals surface area contributed by atoms with E-state index in [0.29, 0.717) is 24.5 Å². The molecule has 0 bridgehead atoms. The molecular weight excluding hydrogens is 426 g/mol. The molecule has 3 aromatic rings. The number of aromatic nitrogens is 1. The smallest absolute Gasteiger partial charge is 0.252 e. The molecule has 1 aliphatic heterocycles. The molecule has 2 aromatic carbocycles. The lowest BCUT2D eigenvalue weighted by Crippen LogP contribution is -2.36. The van der Waals surface area contributed by atoms with Crippen LogP contribution in [0.5, 0.6) is 5.75 Å². The number of hydrogen-bond donors (Lipinski definition) is 1. The van der Waals surface area contributed by atoms with Crippen LogP contribution < -0.4 is 15.2 Å². The van der Waals surface area contributed by atoms with Gasteiger partial charge in [0.15, 0.2) is 0 Å². The van der Waals surface area contributed by atoms with Gasteiger partial charge in [-0.3, -0.25) is 4.79 Å². The van der Waals surface area contributed by atoms with Gasteiger partial charge in [-0.1, -0.05) is 32.0 Å². The van der Waals surface area contributed by atoms with Crippen LogP contribution in [-0.2, 0) is 16.6 Å². The van der Waals surface area contributed by atoms with Crippen molar-refractivity contribution in [2.45, 2.75) is 32.2 Å². The highest BCUT2D eigenvalue weighted by atomic mass is 32.2. The van der Waals surface area contributed by atoms with Gasteiger partial charge >= 0.3 is 0 Å². The zero-order chi connectivity index (χ0) is 23.0. The lowest BCUT2D eigenvalue weighted by molar-refractivity contribution is 0.310. The Kier molecular flexibility index (Phi) is 6.01. The summed E-state index contributed by atoms with van der Waals surface area (Å²) in [6, 6.07) is 12.5. The predicted molar refractivity (Wildman–Crippen MR) is 127 cm³/mol. The molecule has 1 aliphatic rings. The molecule has 32 heavy (non-hydrogen) atoms. The molecule has 0 atom stereocenters. The van der Waals surface area contributed by atoms with Crippen molar-refractivity contribution in [2.24, 2.45) is 5.92 Å². The molecule has 0 saturated carbocycles. The third kappa shape index (κ3) is 4.25. The number of benzene rings is 2. The zero-order valence-electron chi connectivity index (χ0n) is 18.9.